The van der Waals surface area contributed by atoms with Gasteiger partial charge in [-0.3, -0.25) is 4.79 Å². The number of pyridine rings is 1. The summed E-state index contributed by atoms with van der Waals surface area (Å²) in [6.45, 7) is 0.764. The molecule has 1 unspecified atom stereocenters. The average Bonchev–Trinajstić information content (AvgIpc) is 2.47. The van der Waals surface area contributed by atoms with E-state index in [1.165, 1.54) is 0 Å². The monoisotopic (exact) mass is 259 g/mol. The number of nitriles is 1. The van der Waals surface area contributed by atoms with E-state index in [0.29, 0.717) is 11.5 Å². The van der Waals surface area contributed by atoms with Gasteiger partial charge in [-0.05, 0) is 31.4 Å². The Labute approximate surface area is 112 Å². The maximum atomic E-state index is 11.9. The number of carbonyl (C=O) groups is 1. The van der Waals surface area contributed by atoms with E-state index in [2.05, 4.69) is 10.3 Å². The molecule has 0 spiro atoms. The summed E-state index contributed by atoms with van der Waals surface area (Å²) in [6.07, 6.45) is 2.84. The Morgan fingerprint density at radius 2 is 2.37 bits per heavy atom. The summed E-state index contributed by atoms with van der Waals surface area (Å²) in [7, 11) is 1.63. The maximum Gasteiger partial charge on any atom is 0.242 e. The summed E-state index contributed by atoms with van der Waals surface area (Å²) in [6, 6.07) is 5.17. The highest BCUT2D eigenvalue weighted by atomic mass is 16.2. The van der Waals surface area contributed by atoms with Gasteiger partial charge in [0.15, 0.2) is 5.69 Å². The van der Waals surface area contributed by atoms with Crippen LogP contribution in [-0.2, 0) is 4.79 Å². The summed E-state index contributed by atoms with van der Waals surface area (Å²) in [5, 5.41) is 11.6. The number of nitrogens with two attached hydrogens (primary N) is 1. The van der Waals surface area contributed by atoms with Crippen molar-refractivity contribution in [3.8, 4) is 6.07 Å². The van der Waals surface area contributed by atoms with E-state index in [0.717, 1.165) is 25.8 Å². The van der Waals surface area contributed by atoms with Crippen molar-refractivity contribution in [2.24, 2.45) is 0 Å². The number of rotatable bonds is 2. The molecule has 0 bridgehead atoms. The van der Waals surface area contributed by atoms with Gasteiger partial charge in [-0.25, -0.2) is 4.98 Å². The zero-order valence-electron chi connectivity index (χ0n) is 10.9. The van der Waals surface area contributed by atoms with Gasteiger partial charge in [-0.2, -0.15) is 5.26 Å². The van der Waals surface area contributed by atoms with Crippen molar-refractivity contribution in [2.45, 2.75) is 25.3 Å². The quantitative estimate of drug-likeness (QED) is 0.812. The van der Waals surface area contributed by atoms with Crippen molar-refractivity contribution in [3.63, 3.8) is 0 Å². The van der Waals surface area contributed by atoms with Crippen LogP contribution in [0.2, 0.25) is 0 Å². The molecule has 1 saturated heterocycles. The van der Waals surface area contributed by atoms with Gasteiger partial charge in [0.2, 0.25) is 5.91 Å². The molecule has 0 saturated carbocycles. The lowest BCUT2D eigenvalue weighted by Crippen LogP contribution is -2.49. The molecule has 6 nitrogen and oxygen atoms in total. The van der Waals surface area contributed by atoms with Crippen molar-refractivity contribution in [1.29, 1.82) is 5.26 Å². The van der Waals surface area contributed by atoms with Crippen LogP contribution in [0.3, 0.4) is 0 Å². The van der Waals surface area contributed by atoms with Crippen molar-refractivity contribution in [2.75, 3.05) is 24.2 Å². The second kappa shape index (κ2) is 5.57. The fourth-order valence-corrected chi connectivity index (χ4v) is 2.35. The van der Waals surface area contributed by atoms with Gasteiger partial charge in [-0.15, -0.1) is 0 Å². The average molecular weight is 259 g/mol. The first-order valence-corrected chi connectivity index (χ1v) is 6.32. The van der Waals surface area contributed by atoms with Gasteiger partial charge in [0.25, 0.3) is 0 Å². The van der Waals surface area contributed by atoms with Crippen molar-refractivity contribution in [1.82, 2.24) is 10.3 Å². The Morgan fingerprint density at radius 3 is 3.05 bits per heavy atom. The van der Waals surface area contributed by atoms with Crippen molar-refractivity contribution in [3.05, 3.63) is 17.8 Å². The van der Waals surface area contributed by atoms with Crippen LogP contribution in [0.5, 0.6) is 0 Å². The first-order valence-electron chi connectivity index (χ1n) is 6.32. The van der Waals surface area contributed by atoms with Gasteiger partial charge < -0.3 is 16.0 Å². The Balaban J connectivity index is 2.32. The SMILES string of the molecule is CNC(=O)C1CCCCN1c1ccc(N)c(C#N)n1. The molecule has 2 rings (SSSR count). The molecular weight excluding hydrogens is 242 g/mol. The number of anilines is 2. The lowest BCUT2D eigenvalue weighted by atomic mass is 10.0. The van der Waals surface area contributed by atoms with Gasteiger partial charge in [-0.1, -0.05) is 0 Å². The van der Waals surface area contributed by atoms with Crippen molar-refractivity contribution < 1.29 is 4.79 Å². The summed E-state index contributed by atoms with van der Waals surface area (Å²) >= 11 is 0. The first kappa shape index (κ1) is 13.1. The van der Waals surface area contributed by atoms with E-state index in [1.54, 1.807) is 19.2 Å². The second-order valence-corrected chi connectivity index (χ2v) is 4.54. The number of aromatic nitrogens is 1. The minimum atomic E-state index is -0.221. The minimum absolute atomic E-state index is 0.0168. The van der Waals surface area contributed by atoms with Crippen LogP contribution in [0.1, 0.15) is 25.0 Å². The fourth-order valence-electron chi connectivity index (χ4n) is 2.35. The van der Waals surface area contributed by atoms with Gasteiger partial charge in [0.1, 0.15) is 17.9 Å². The largest absolute Gasteiger partial charge is 0.396 e. The lowest BCUT2D eigenvalue weighted by molar-refractivity contribution is -0.122. The lowest BCUT2D eigenvalue weighted by Gasteiger charge is -2.35. The van der Waals surface area contributed by atoms with Crippen LogP contribution in [0, 0.1) is 11.3 Å². The molecule has 0 aliphatic carbocycles. The standard InChI is InChI=1S/C13H17N5O/c1-16-13(19)11-4-2-3-7-18(11)12-6-5-9(15)10(8-14)17-12/h5-6,11H,2-4,7,15H2,1H3,(H,16,19). The number of likely N-dealkylation sites (N-methyl/N-ethyl adjacent to an activating group) is 1. The minimum Gasteiger partial charge on any atom is -0.396 e. The fraction of sp³-hybridized carbons (Fsp3) is 0.462. The molecule has 2 heterocycles. The molecule has 1 fully saturated rings. The molecule has 3 N–H and O–H groups in total. The number of nitrogens with zero attached hydrogens (tertiary/aromatic N) is 3. The maximum absolute atomic E-state index is 11.9. The van der Waals surface area contributed by atoms with Crippen LogP contribution in [-0.4, -0.2) is 30.5 Å². The topological polar surface area (TPSA) is 95.0 Å². The molecule has 1 aromatic rings. The van der Waals surface area contributed by atoms with Gasteiger partial charge in [0, 0.05) is 13.6 Å². The molecular formula is C13H17N5O. The number of hydrogen-bond acceptors (Lipinski definition) is 5. The van der Waals surface area contributed by atoms with Crippen LogP contribution < -0.4 is 16.0 Å². The van der Waals surface area contributed by atoms with E-state index >= 15 is 0 Å². The summed E-state index contributed by atoms with van der Waals surface area (Å²) < 4.78 is 0. The number of hydrogen-bond donors (Lipinski definition) is 2. The van der Waals surface area contributed by atoms with Crippen LogP contribution >= 0.6 is 0 Å². The molecule has 1 aliphatic rings. The first-order chi connectivity index (χ1) is 9.17. The third-order valence-electron chi connectivity index (χ3n) is 3.36. The smallest absolute Gasteiger partial charge is 0.242 e. The van der Waals surface area contributed by atoms with Crippen LogP contribution in [0.15, 0.2) is 12.1 Å². The molecule has 0 aromatic carbocycles. The Bertz CT molecular complexity index is 522. The number of carbonyl (C=O) groups excluding carboxylic acids is 1. The molecule has 6 heteroatoms. The van der Waals surface area contributed by atoms with Crippen LogP contribution in [0.4, 0.5) is 11.5 Å². The third kappa shape index (κ3) is 2.60. The third-order valence-corrected chi connectivity index (χ3v) is 3.36. The predicted octanol–water partition coefficient (Wildman–Crippen LogP) is 0.640. The summed E-state index contributed by atoms with van der Waals surface area (Å²) in [5.74, 6) is 0.621. The highest BCUT2D eigenvalue weighted by molar-refractivity contribution is 5.85. The summed E-state index contributed by atoms with van der Waals surface area (Å²) in [5.41, 5.74) is 6.24. The van der Waals surface area contributed by atoms with Gasteiger partial charge >= 0.3 is 0 Å². The van der Waals surface area contributed by atoms with Crippen LogP contribution in [0.25, 0.3) is 0 Å². The summed E-state index contributed by atoms with van der Waals surface area (Å²) in [4.78, 5) is 18.1. The Hall–Kier alpha value is -2.29. The zero-order valence-corrected chi connectivity index (χ0v) is 10.9. The molecule has 1 aliphatic heterocycles. The number of nitrogens with one attached hydrogen (secondary N) is 1. The van der Waals surface area contributed by atoms with E-state index in [1.807, 2.05) is 11.0 Å². The molecule has 1 atom stereocenters. The molecule has 1 aromatic heterocycles. The Kier molecular flexibility index (Phi) is 3.85. The van der Waals surface area contributed by atoms with Gasteiger partial charge in [0.05, 0.1) is 5.69 Å². The number of nitrogen functional groups attached to an aromatic ring is 1. The van der Waals surface area contributed by atoms with E-state index in [4.69, 9.17) is 11.0 Å². The van der Waals surface area contributed by atoms with E-state index in [9.17, 15) is 4.79 Å². The predicted molar refractivity (Wildman–Crippen MR) is 72.4 cm³/mol. The van der Waals surface area contributed by atoms with Crippen molar-refractivity contribution >= 4 is 17.4 Å². The Morgan fingerprint density at radius 1 is 1.58 bits per heavy atom. The van der Waals surface area contributed by atoms with E-state index in [-0.39, 0.29) is 17.6 Å². The van der Waals surface area contributed by atoms with E-state index < -0.39 is 0 Å². The molecule has 0 radical (unpaired) electrons. The number of piperidine rings is 1. The number of amides is 1. The molecule has 19 heavy (non-hydrogen) atoms. The second-order valence-electron chi connectivity index (χ2n) is 4.54. The molecule has 100 valence electrons. The highest BCUT2D eigenvalue weighted by Gasteiger charge is 2.29. The normalized spacial score (nSPS) is 18.7. The highest BCUT2D eigenvalue weighted by Crippen LogP contribution is 2.24. The molecule has 1 amide bonds. The zero-order chi connectivity index (χ0) is 13.8.